The average molecular weight is 529 g/mol. The van der Waals surface area contributed by atoms with Crippen LogP contribution in [0.25, 0.3) is 10.9 Å². The Kier molecular flexibility index (Phi) is 6.14. The van der Waals surface area contributed by atoms with Gasteiger partial charge in [-0.25, -0.2) is 4.39 Å². The highest BCUT2D eigenvalue weighted by Crippen LogP contribution is 2.36. The molecule has 1 aliphatic heterocycles. The number of carbonyl (C=O) groups is 1. The lowest BCUT2D eigenvalue weighted by Gasteiger charge is -2.22. The van der Waals surface area contributed by atoms with Gasteiger partial charge in [0, 0.05) is 18.0 Å². The number of amidine groups is 1. The van der Waals surface area contributed by atoms with Crippen LogP contribution in [0.15, 0.2) is 50.5 Å². The van der Waals surface area contributed by atoms with Gasteiger partial charge in [0.1, 0.15) is 27.8 Å². The van der Waals surface area contributed by atoms with Crippen LogP contribution in [0.3, 0.4) is 0 Å². The Balaban J connectivity index is 1.60. The lowest BCUT2D eigenvalue weighted by Crippen LogP contribution is -2.33. The fourth-order valence-electron chi connectivity index (χ4n) is 4.39. The Morgan fingerprint density at radius 1 is 1.30 bits per heavy atom. The number of amides is 1. The fourth-order valence-corrected chi connectivity index (χ4v) is 5.53. The minimum absolute atomic E-state index is 0.0684. The molecule has 0 bridgehead atoms. The first-order chi connectivity index (χ1) is 17.6. The van der Waals surface area contributed by atoms with E-state index in [0.717, 1.165) is 25.3 Å². The second-order valence-corrected chi connectivity index (χ2v) is 10.8. The quantitative estimate of drug-likeness (QED) is 0.406. The number of hydrogen-bond donors (Lipinski definition) is 3. The number of primary amides is 1. The number of fused-ring (bicyclic) bond motifs is 2. The Morgan fingerprint density at radius 3 is 2.73 bits per heavy atom. The van der Waals surface area contributed by atoms with Gasteiger partial charge in [-0.3, -0.25) is 9.59 Å². The molecule has 0 radical (unpaired) electrons. The first-order valence-corrected chi connectivity index (χ1v) is 13.3. The highest BCUT2D eigenvalue weighted by Gasteiger charge is 2.31. The molecule has 0 unspecified atom stereocenters. The summed E-state index contributed by atoms with van der Waals surface area (Å²) in [4.78, 5) is 24.8. The second-order valence-electron chi connectivity index (χ2n) is 9.19. The Labute approximate surface area is 211 Å². The summed E-state index contributed by atoms with van der Waals surface area (Å²) in [6, 6.07) is 7.76. The average Bonchev–Trinajstić information content (AvgIpc) is 3.67. The maximum absolute atomic E-state index is 14.1. The fraction of sp³-hybridized carbons (Fsp3) is 0.320. The molecule has 1 amide bonds. The summed E-state index contributed by atoms with van der Waals surface area (Å²) in [7, 11) is -4.35. The van der Waals surface area contributed by atoms with Crippen LogP contribution >= 0.6 is 0 Å². The number of halogens is 1. The zero-order chi connectivity index (χ0) is 26.5. The summed E-state index contributed by atoms with van der Waals surface area (Å²) in [5.74, 6) is -1.66. The lowest BCUT2D eigenvalue weighted by atomic mass is 10.1. The minimum Gasteiger partial charge on any atom is -0.506 e. The lowest BCUT2D eigenvalue weighted by molar-refractivity contribution is -0.124. The van der Waals surface area contributed by atoms with E-state index in [1.54, 1.807) is 6.92 Å². The molecular formula is C25H25FN4O6S. The van der Waals surface area contributed by atoms with Gasteiger partial charge in [-0.1, -0.05) is 19.8 Å². The number of aromatic nitrogens is 1. The molecule has 12 heteroatoms. The monoisotopic (exact) mass is 528 g/mol. The molecule has 2 heterocycles. The Hall–Kier alpha value is -3.93. The van der Waals surface area contributed by atoms with Crippen molar-refractivity contribution in [1.29, 1.82) is 0 Å². The summed E-state index contributed by atoms with van der Waals surface area (Å²) in [5.41, 5.74) is 4.72. The summed E-state index contributed by atoms with van der Waals surface area (Å²) in [5, 5.41) is 13.9. The highest BCUT2D eigenvalue weighted by molar-refractivity contribution is 7.90. The van der Waals surface area contributed by atoms with Crippen LogP contribution in [0.2, 0.25) is 0 Å². The van der Waals surface area contributed by atoms with Gasteiger partial charge in [-0.05, 0) is 49.1 Å². The number of nitrogens with two attached hydrogens (primary N) is 1. The van der Waals surface area contributed by atoms with E-state index >= 15 is 0 Å². The molecule has 1 saturated carbocycles. The molecule has 5 rings (SSSR count). The topological polar surface area (TPSA) is 153 Å². The largest absolute Gasteiger partial charge is 0.506 e. The summed E-state index contributed by atoms with van der Waals surface area (Å²) >= 11 is 0. The van der Waals surface area contributed by atoms with Crippen LogP contribution < -0.4 is 21.3 Å². The molecule has 1 aromatic heterocycles. The van der Waals surface area contributed by atoms with Crippen molar-refractivity contribution in [2.24, 2.45) is 16.0 Å². The van der Waals surface area contributed by atoms with Crippen LogP contribution in [-0.4, -0.2) is 35.9 Å². The van der Waals surface area contributed by atoms with Gasteiger partial charge in [-0.2, -0.15) is 8.42 Å². The number of benzene rings is 2. The maximum atomic E-state index is 14.1. The van der Waals surface area contributed by atoms with Crippen LogP contribution in [0, 0.1) is 11.7 Å². The van der Waals surface area contributed by atoms with Gasteiger partial charge in [0.2, 0.25) is 0 Å². The van der Waals surface area contributed by atoms with E-state index in [1.807, 2.05) is 0 Å². The van der Waals surface area contributed by atoms with Crippen molar-refractivity contribution < 1.29 is 27.4 Å². The van der Waals surface area contributed by atoms with E-state index in [4.69, 9.17) is 10.5 Å². The summed E-state index contributed by atoms with van der Waals surface area (Å²) in [6.45, 7) is 2.02. The molecule has 4 N–H and O–H groups in total. The highest BCUT2D eigenvalue weighted by atomic mass is 32.2. The number of aryl methyl sites for hydroxylation is 1. The van der Waals surface area contributed by atoms with E-state index in [9.17, 15) is 27.5 Å². The standard InChI is InChI=1S/C25H25FN4O6S/c1-2-19(23(27)32)36-15-6-7-17-20(12-15)37(34,35)29-24(28-17)21-22(31)16-11-14(26)5-8-18(16)30(25(21)33)10-9-13-3-4-13/h5-8,11-13,19,31H,2-4,9-10H2,1H3,(H2,27,32)(H,28,29)/t19-/m0/s1. The number of sulfonamides is 1. The number of anilines is 1. The summed E-state index contributed by atoms with van der Waals surface area (Å²) < 4.78 is 51.0. The van der Waals surface area contributed by atoms with Crippen molar-refractivity contribution in [3.05, 3.63) is 58.1 Å². The molecule has 0 saturated heterocycles. The third kappa shape index (κ3) is 4.64. The molecule has 1 aliphatic carbocycles. The number of hydrogen-bond acceptors (Lipinski definition) is 7. The predicted molar refractivity (Wildman–Crippen MR) is 135 cm³/mol. The molecule has 37 heavy (non-hydrogen) atoms. The van der Waals surface area contributed by atoms with Crippen molar-refractivity contribution in [2.45, 2.75) is 50.2 Å². The van der Waals surface area contributed by atoms with E-state index in [1.165, 1.54) is 34.9 Å². The van der Waals surface area contributed by atoms with Crippen LogP contribution in [-0.2, 0) is 21.4 Å². The third-order valence-corrected chi connectivity index (χ3v) is 7.87. The molecule has 3 aromatic rings. The van der Waals surface area contributed by atoms with Crippen molar-refractivity contribution in [2.75, 3.05) is 5.32 Å². The van der Waals surface area contributed by atoms with Crippen LogP contribution in [0.4, 0.5) is 10.1 Å². The molecule has 1 atom stereocenters. The smallest absolute Gasteiger partial charge is 0.286 e. The van der Waals surface area contributed by atoms with Crippen molar-refractivity contribution >= 4 is 38.4 Å². The molecular weight excluding hydrogens is 503 g/mol. The first-order valence-electron chi connectivity index (χ1n) is 11.9. The Morgan fingerprint density at radius 2 is 2.05 bits per heavy atom. The van der Waals surface area contributed by atoms with Gasteiger partial charge in [0.15, 0.2) is 11.9 Å². The SMILES string of the molecule is CC[C@H](Oc1ccc2c(c1)S(=O)(=O)N=C(c1c(O)c3cc(F)ccc3n(CCC3CC3)c1=O)N2)C(N)=O. The second kappa shape index (κ2) is 9.18. The molecule has 0 spiro atoms. The first kappa shape index (κ1) is 24.8. The van der Waals surface area contributed by atoms with Crippen molar-refractivity contribution in [3.8, 4) is 11.5 Å². The van der Waals surface area contributed by atoms with Crippen LogP contribution in [0.1, 0.15) is 38.2 Å². The van der Waals surface area contributed by atoms with Gasteiger partial charge >= 0.3 is 0 Å². The van der Waals surface area contributed by atoms with Crippen molar-refractivity contribution in [3.63, 3.8) is 0 Å². The number of ether oxygens (including phenoxy) is 1. The van der Waals surface area contributed by atoms with E-state index in [-0.39, 0.29) is 39.5 Å². The molecule has 10 nitrogen and oxygen atoms in total. The third-order valence-electron chi connectivity index (χ3n) is 6.56. The molecule has 2 aromatic carbocycles. The number of nitrogens with one attached hydrogen (secondary N) is 1. The van der Waals surface area contributed by atoms with Crippen molar-refractivity contribution in [1.82, 2.24) is 4.57 Å². The molecule has 1 fully saturated rings. The number of aromatic hydroxyl groups is 1. The van der Waals surface area contributed by atoms with Gasteiger partial charge in [0.25, 0.3) is 21.5 Å². The van der Waals surface area contributed by atoms with E-state index < -0.39 is 39.2 Å². The number of nitrogens with zero attached hydrogens (tertiary/aromatic N) is 2. The maximum Gasteiger partial charge on any atom is 0.286 e. The zero-order valence-corrected chi connectivity index (χ0v) is 20.7. The molecule has 2 aliphatic rings. The number of carbonyl (C=O) groups excluding carboxylic acids is 1. The summed E-state index contributed by atoms with van der Waals surface area (Å²) in [6.07, 6.45) is 2.21. The van der Waals surface area contributed by atoms with E-state index in [0.29, 0.717) is 18.0 Å². The number of pyridine rings is 1. The normalized spacial score (nSPS) is 17.0. The minimum atomic E-state index is -4.35. The predicted octanol–water partition coefficient (Wildman–Crippen LogP) is 2.85. The zero-order valence-electron chi connectivity index (χ0n) is 19.9. The molecule has 194 valence electrons. The van der Waals surface area contributed by atoms with Crippen LogP contribution in [0.5, 0.6) is 11.5 Å². The van der Waals surface area contributed by atoms with Gasteiger partial charge < -0.3 is 25.5 Å². The van der Waals surface area contributed by atoms with Gasteiger partial charge in [-0.15, -0.1) is 4.40 Å². The van der Waals surface area contributed by atoms with E-state index in [2.05, 4.69) is 9.71 Å². The number of rotatable bonds is 8. The Bertz CT molecular complexity index is 1630. The van der Waals surface area contributed by atoms with Gasteiger partial charge in [0.05, 0.1) is 11.2 Å².